The maximum Gasteiger partial charge on any atom is 0.197 e. The van der Waals surface area contributed by atoms with E-state index in [1.165, 1.54) is 0 Å². The summed E-state index contributed by atoms with van der Waals surface area (Å²) in [4.78, 5) is 12.9. The Kier molecular flexibility index (Phi) is 4.50. The van der Waals surface area contributed by atoms with Gasteiger partial charge >= 0.3 is 0 Å². The SMILES string of the molecule is C=CCn1c2ccccc2c(=O)c2cc(C#CC[C@@H](C)O)ccc21. The summed E-state index contributed by atoms with van der Waals surface area (Å²) in [6, 6.07) is 13.3. The van der Waals surface area contributed by atoms with Gasteiger partial charge in [-0.2, -0.15) is 0 Å². The lowest BCUT2D eigenvalue weighted by molar-refractivity contribution is 0.201. The molecule has 3 aromatic rings. The number of pyridine rings is 1. The third-order valence-corrected chi connectivity index (χ3v) is 3.91. The Bertz CT molecular complexity index is 1030. The lowest BCUT2D eigenvalue weighted by Crippen LogP contribution is -2.11. The Labute approximate surface area is 140 Å². The van der Waals surface area contributed by atoms with Crippen molar-refractivity contribution in [1.29, 1.82) is 0 Å². The van der Waals surface area contributed by atoms with Gasteiger partial charge in [0.2, 0.25) is 0 Å². The van der Waals surface area contributed by atoms with Crippen LogP contribution in [-0.2, 0) is 6.54 Å². The number of rotatable bonds is 3. The minimum Gasteiger partial charge on any atom is -0.392 e. The highest BCUT2D eigenvalue weighted by atomic mass is 16.3. The number of aliphatic hydroxyl groups is 1. The molecule has 0 fully saturated rings. The van der Waals surface area contributed by atoms with Crippen molar-refractivity contribution in [3.63, 3.8) is 0 Å². The molecule has 1 aromatic heterocycles. The quantitative estimate of drug-likeness (QED) is 0.457. The molecule has 0 radical (unpaired) electrons. The van der Waals surface area contributed by atoms with E-state index in [1.54, 1.807) is 6.92 Å². The second-order valence-corrected chi connectivity index (χ2v) is 5.83. The van der Waals surface area contributed by atoms with Crippen molar-refractivity contribution in [2.24, 2.45) is 0 Å². The molecule has 0 bridgehead atoms. The predicted octanol–water partition coefficient (Wildman–Crippen LogP) is 3.46. The fraction of sp³-hybridized carbons (Fsp3) is 0.190. The summed E-state index contributed by atoms with van der Waals surface area (Å²) in [7, 11) is 0. The van der Waals surface area contributed by atoms with Gasteiger partial charge in [-0.15, -0.1) is 6.58 Å². The lowest BCUT2D eigenvalue weighted by Gasteiger charge is -2.13. The first kappa shape index (κ1) is 16.0. The number of allylic oxidation sites excluding steroid dienone is 1. The van der Waals surface area contributed by atoms with Crippen LogP contribution in [0.2, 0.25) is 0 Å². The van der Waals surface area contributed by atoms with Gasteiger partial charge in [0.15, 0.2) is 5.43 Å². The fourth-order valence-corrected chi connectivity index (χ4v) is 2.83. The van der Waals surface area contributed by atoms with E-state index in [4.69, 9.17) is 0 Å². The van der Waals surface area contributed by atoms with E-state index in [2.05, 4.69) is 23.0 Å². The molecule has 2 aromatic carbocycles. The molecule has 0 aliphatic rings. The zero-order chi connectivity index (χ0) is 17.1. The van der Waals surface area contributed by atoms with Crippen LogP contribution < -0.4 is 5.43 Å². The number of nitrogens with zero attached hydrogens (tertiary/aromatic N) is 1. The summed E-state index contributed by atoms with van der Waals surface area (Å²) in [5, 5.41) is 10.6. The number of aromatic nitrogens is 1. The van der Waals surface area contributed by atoms with Crippen molar-refractivity contribution in [2.45, 2.75) is 26.0 Å². The average molecular weight is 317 g/mol. The van der Waals surface area contributed by atoms with Gasteiger partial charge in [-0.25, -0.2) is 0 Å². The van der Waals surface area contributed by atoms with E-state index in [0.717, 1.165) is 16.6 Å². The first-order chi connectivity index (χ1) is 11.6. The van der Waals surface area contributed by atoms with Gasteiger partial charge < -0.3 is 9.67 Å². The summed E-state index contributed by atoms with van der Waals surface area (Å²) in [6.07, 6.45) is 1.79. The molecule has 1 atom stereocenters. The Morgan fingerprint density at radius 3 is 2.71 bits per heavy atom. The molecule has 1 N–H and O–H groups in total. The molecule has 3 heteroatoms. The number of para-hydroxylation sites is 1. The van der Waals surface area contributed by atoms with Crippen LogP contribution in [0.5, 0.6) is 0 Å². The predicted molar refractivity (Wildman–Crippen MR) is 99.1 cm³/mol. The maximum absolute atomic E-state index is 12.9. The van der Waals surface area contributed by atoms with Crippen LogP contribution >= 0.6 is 0 Å². The monoisotopic (exact) mass is 317 g/mol. The molecular formula is C21H19NO2. The number of hydrogen-bond acceptors (Lipinski definition) is 2. The van der Waals surface area contributed by atoms with Gasteiger partial charge in [-0.3, -0.25) is 4.79 Å². The van der Waals surface area contributed by atoms with Gasteiger partial charge in [-0.1, -0.05) is 30.0 Å². The first-order valence-corrected chi connectivity index (χ1v) is 7.95. The maximum atomic E-state index is 12.9. The lowest BCUT2D eigenvalue weighted by atomic mass is 10.1. The molecule has 1 heterocycles. The van der Waals surface area contributed by atoms with Crippen molar-refractivity contribution >= 4 is 21.8 Å². The van der Waals surface area contributed by atoms with Crippen LogP contribution in [0.15, 0.2) is 59.9 Å². The third kappa shape index (κ3) is 2.97. The van der Waals surface area contributed by atoms with Crippen LogP contribution in [0.4, 0.5) is 0 Å². The summed E-state index contributed by atoms with van der Waals surface area (Å²) in [5.41, 5.74) is 2.57. The smallest absolute Gasteiger partial charge is 0.197 e. The Hall–Kier alpha value is -2.83. The van der Waals surface area contributed by atoms with Crippen LogP contribution in [-0.4, -0.2) is 15.8 Å². The van der Waals surface area contributed by atoms with E-state index < -0.39 is 6.10 Å². The summed E-state index contributed by atoms with van der Waals surface area (Å²) < 4.78 is 2.09. The van der Waals surface area contributed by atoms with Gasteiger partial charge in [0.1, 0.15) is 0 Å². The molecule has 120 valence electrons. The van der Waals surface area contributed by atoms with Crippen LogP contribution in [0, 0.1) is 11.8 Å². The molecule has 0 amide bonds. The van der Waals surface area contributed by atoms with Crippen molar-refractivity contribution in [3.05, 3.63) is 70.9 Å². The topological polar surface area (TPSA) is 42.2 Å². The van der Waals surface area contributed by atoms with Crippen molar-refractivity contribution in [3.8, 4) is 11.8 Å². The second-order valence-electron chi connectivity index (χ2n) is 5.83. The molecule has 0 aliphatic carbocycles. The van der Waals surface area contributed by atoms with Gasteiger partial charge in [0.25, 0.3) is 0 Å². The number of aliphatic hydroxyl groups excluding tert-OH is 1. The largest absolute Gasteiger partial charge is 0.392 e. The molecule has 0 aliphatic heterocycles. The zero-order valence-electron chi connectivity index (χ0n) is 13.6. The van der Waals surface area contributed by atoms with Gasteiger partial charge in [-0.05, 0) is 37.3 Å². The van der Waals surface area contributed by atoms with Gasteiger partial charge in [0, 0.05) is 29.3 Å². The minimum atomic E-state index is -0.452. The molecule has 3 nitrogen and oxygen atoms in total. The summed E-state index contributed by atoms with van der Waals surface area (Å²) >= 11 is 0. The van der Waals surface area contributed by atoms with Gasteiger partial charge in [0.05, 0.1) is 17.1 Å². The second kappa shape index (κ2) is 6.74. The molecule has 24 heavy (non-hydrogen) atoms. The molecule has 0 spiro atoms. The summed E-state index contributed by atoms with van der Waals surface area (Å²) in [5.74, 6) is 5.95. The highest BCUT2D eigenvalue weighted by molar-refractivity contribution is 5.94. The normalized spacial score (nSPS) is 11.9. The number of hydrogen-bond donors (Lipinski definition) is 1. The fourth-order valence-electron chi connectivity index (χ4n) is 2.83. The standard InChI is InChI=1S/C21H19NO2/c1-3-13-22-19-10-5-4-9-17(19)21(24)18-14-16(11-12-20(18)22)8-6-7-15(2)23/h3-5,9-12,14-15,23H,1,7,13H2,2H3/t15-/m1/s1. The third-order valence-electron chi connectivity index (χ3n) is 3.91. The van der Waals surface area contributed by atoms with E-state index in [9.17, 15) is 9.90 Å². The first-order valence-electron chi connectivity index (χ1n) is 7.95. The highest BCUT2D eigenvalue weighted by Gasteiger charge is 2.10. The van der Waals surface area contributed by atoms with E-state index >= 15 is 0 Å². The molecule has 0 unspecified atom stereocenters. The van der Waals surface area contributed by atoms with Crippen molar-refractivity contribution in [1.82, 2.24) is 4.57 Å². The van der Waals surface area contributed by atoms with E-state index in [1.807, 2.05) is 48.5 Å². The van der Waals surface area contributed by atoms with Crippen molar-refractivity contribution < 1.29 is 5.11 Å². The van der Waals surface area contributed by atoms with Crippen LogP contribution in [0.1, 0.15) is 18.9 Å². The van der Waals surface area contributed by atoms with E-state index in [-0.39, 0.29) is 5.43 Å². The number of benzene rings is 2. The zero-order valence-corrected chi connectivity index (χ0v) is 13.6. The Morgan fingerprint density at radius 1 is 1.21 bits per heavy atom. The van der Waals surface area contributed by atoms with Crippen LogP contribution in [0.25, 0.3) is 21.8 Å². The number of fused-ring (bicyclic) bond motifs is 2. The summed E-state index contributed by atoms with van der Waals surface area (Å²) in [6.45, 7) is 6.15. The highest BCUT2D eigenvalue weighted by Crippen LogP contribution is 2.20. The average Bonchev–Trinajstić information content (AvgIpc) is 2.58. The van der Waals surface area contributed by atoms with Crippen LogP contribution in [0.3, 0.4) is 0 Å². The molecule has 0 saturated carbocycles. The Balaban J connectivity index is 2.27. The van der Waals surface area contributed by atoms with Crippen molar-refractivity contribution in [2.75, 3.05) is 0 Å². The Morgan fingerprint density at radius 2 is 1.96 bits per heavy atom. The minimum absolute atomic E-state index is 0.0140. The van der Waals surface area contributed by atoms with E-state index in [0.29, 0.717) is 23.7 Å². The molecule has 3 rings (SSSR count). The molecule has 0 saturated heterocycles. The molecular weight excluding hydrogens is 298 g/mol.